The van der Waals surface area contributed by atoms with Crippen LogP contribution in [0.1, 0.15) is 11.3 Å². The molecule has 0 fully saturated rings. The van der Waals surface area contributed by atoms with E-state index < -0.39 is 0 Å². The molecule has 1 aromatic heterocycles. The summed E-state index contributed by atoms with van der Waals surface area (Å²) in [5.41, 5.74) is 3.02. The molecule has 0 bridgehead atoms. The van der Waals surface area contributed by atoms with Crippen molar-refractivity contribution in [1.82, 2.24) is 9.88 Å². The largest absolute Gasteiger partial charge is 0.365 e. The minimum atomic E-state index is -0.129. The number of rotatable bonds is 1. The zero-order valence-corrected chi connectivity index (χ0v) is 12.1. The van der Waals surface area contributed by atoms with E-state index in [1.54, 1.807) is 23.1 Å². The van der Waals surface area contributed by atoms with Gasteiger partial charge in [-0.2, -0.15) is 0 Å². The lowest BCUT2D eigenvalue weighted by atomic mass is 10.1. The van der Waals surface area contributed by atoms with Gasteiger partial charge in [0, 0.05) is 37.1 Å². The van der Waals surface area contributed by atoms with Crippen molar-refractivity contribution >= 4 is 34.9 Å². The van der Waals surface area contributed by atoms with Gasteiger partial charge >= 0.3 is 6.03 Å². The summed E-state index contributed by atoms with van der Waals surface area (Å²) in [6, 6.07) is 6.93. The second-order valence-corrected chi connectivity index (χ2v) is 5.53. The average Bonchev–Trinajstić information content (AvgIpc) is 2.90. The molecule has 2 aromatic rings. The SMILES string of the molecule is O=C(Nc1ccc(Cl)c(Cl)c1)N1CCc2[nH]ccc2C1. The van der Waals surface area contributed by atoms with E-state index >= 15 is 0 Å². The molecule has 0 spiro atoms. The van der Waals surface area contributed by atoms with Crippen molar-refractivity contribution in [2.45, 2.75) is 13.0 Å². The highest BCUT2D eigenvalue weighted by Gasteiger charge is 2.21. The van der Waals surface area contributed by atoms with Gasteiger partial charge in [-0.15, -0.1) is 0 Å². The van der Waals surface area contributed by atoms with Gasteiger partial charge < -0.3 is 15.2 Å². The number of nitrogens with one attached hydrogen (secondary N) is 2. The van der Waals surface area contributed by atoms with Gasteiger partial charge in [-0.25, -0.2) is 4.79 Å². The molecule has 0 radical (unpaired) electrons. The number of benzene rings is 1. The fourth-order valence-electron chi connectivity index (χ4n) is 2.30. The van der Waals surface area contributed by atoms with E-state index in [-0.39, 0.29) is 6.03 Å². The van der Waals surface area contributed by atoms with Crippen LogP contribution < -0.4 is 5.32 Å². The van der Waals surface area contributed by atoms with Crippen LogP contribution in [0.15, 0.2) is 30.5 Å². The number of hydrogen-bond acceptors (Lipinski definition) is 1. The van der Waals surface area contributed by atoms with Gasteiger partial charge in [0.2, 0.25) is 0 Å². The van der Waals surface area contributed by atoms with Gasteiger partial charge in [0.15, 0.2) is 0 Å². The Bertz CT molecular complexity index is 654. The Morgan fingerprint density at radius 2 is 2.10 bits per heavy atom. The Morgan fingerprint density at radius 1 is 1.25 bits per heavy atom. The zero-order valence-electron chi connectivity index (χ0n) is 10.6. The number of amides is 2. The van der Waals surface area contributed by atoms with E-state index in [0.29, 0.717) is 28.8 Å². The third-order valence-electron chi connectivity index (χ3n) is 3.38. The molecule has 6 heteroatoms. The molecule has 2 amide bonds. The third-order valence-corrected chi connectivity index (χ3v) is 4.12. The van der Waals surface area contributed by atoms with Gasteiger partial charge in [0.05, 0.1) is 10.0 Å². The standard InChI is InChI=1S/C14H13Cl2N3O/c15-11-2-1-10(7-12(11)16)18-14(20)19-6-4-13-9(8-19)3-5-17-13/h1-3,5,7,17H,4,6,8H2,(H,18,20). The lowest BCUT2D eigenvalue weighted by Crippen LogP contribution is -2.38. The highest BCUT2D eigenvalue weighted by Crippen LogP contribution is 2.25. The monoisotopic (exact) mass is 309 g/mol. The van der Waals surface area contributed by atoms with Crippen LogP contribution in [0.3, 0.4) is 0 Å². The van der Waals surface area contributed by atoms with E-state index in [4.69, 9.17) is 23.2 Å². The first kappa shape index (κ1) is 13.3. The van der Waals surface area contributed by atoms with Crippen LogP contribution in [-0.2, 0) is 13.0 Å². The maximum Gasteiger partial charge on any atom is 0.322 e. The smallest absolute Gasteiger partial charge is 0.322 e. The summed E-state index contributed by atoms with van der Waals surface area (Å²) >= 11 is 11.8. The first-order chi connectivity index (χ1) is 9.63. The number of fused-ring (bicyclic) bond motifs is 1. The Hall–Kier alpha value is -1.65. The lowest BCUT2D eigenvalue weighted by molar-refractivity contribution is 0.206. The van der Waals surface area contributed by atoms with Gasteiger partial charge in [0.1, 0.15) is 0 Å². The van der Waals surface area contributed by atoms with Crippen LogP contribution in [0.4, 0.5) is 10.5 Å². The van der Waals surface area contributed by atoms with E-state index in [0.717, 1.165) is 6.42 Å². The summed E-state index contributed by atoms with van der Waals surface area (Å²) in [7, 11) is 0. The van der Waals surface area contributed by atoms with Gasteiger partial charge in [0.25, 0.3) is 0 Å². The average molecular weight is 310 g/mol. The normalized spacial score (nSPS) is 14.0. The van der Waals surface area contributed by atoms with Gasteiger partial charge in [-0.3, -0.25) is 0 Å². The fourth-order valence-corrected chi connectivity index (χ4v) is 2.60. The first-order valence-electron chi connectivity index (χ1n) is 6.29. The molecule has 0 aliphatic carbocycles. The number of carbonyl (C=O) groups is 1. The quantitative estimate of drug-likeness (QED) is 0.824. The van der Waals surface area contributed by atoms with Crippen LogP contribution >= 0.6 is 23.2 Å². The fraction of sp³-hybridized carbons (Fsp3) is 0.214. The van der Waals surface area contributed by atoms with Gasteiger partial charge in [-0.1, -0.05) is 23.2 Å². The molecule has 0 unspecified atom stereocenters. The summed E-state index contributed by atoms with van der Waals surface area (Å²) in [6.45, 7) is 1.31. The summed E-state index contributed by atoms with van der Waals surface area (Å²) in [5.74, 6) is 0. The maximum absolute atomic E-state index is 12.2. The molecule has 4 nitrogen and oxygen atoms in total. The van der Waals surface area contributed by atoms with Crippen molar-refractivity contribution in [2.75, 3.05) is 11.9 Å². The summed E-state index contributed by atoms with van der Waals surface area (Å²) in [4.78, 5) is 17.2. The molecule has 0 saturated heterocycles. The van der Waals surface area contributed by atoms with Crippen LogP contribution in [0.25, 0.3) is 0 Å². The Morgan fingerprint density at radius 3 is 2.90 bits per heavy atom. The topological polar surface area (TPSA) is 48.1 Å². The van der Waals surface area contributed by atoms with Crippen LogP contribution in [0, 0.1) is 0 Å². The Kier molecular flexibility index (Phi) is 3.59. The maximum atomic E-state index is 12.2. The number of urea groups is 1. The lowest BCUT2D eigenvalue weighted by Gasteiger charge is -2.27. The second-order valence-electron chi connectivity index (χ2n) is 4.71. The van der Waals surface area contributed by atoms with Crippen molar-refractivity contribution in [3.63, 3.8) is 0 Å². The van der Waals surface area contributed by atoms with Crippen LogP contribution in [-0.4, -0.2) is 22.5 Å². The van der Waals surface area contributed by atoms with E-state index in [1.807, 2.05) is 12.3 Å². The molecular weight excluding hydrogens is 297 g/mol. The van der Waals surface area contributed by atoms with Crippen molar-refractivity contribution in [1.29, 1.82) is 0 Å². The second kappa shape index (κ2) is 5.38. The first-order valence-corrected chi connectivity index (χ1v) is 7.05. The zero-order chi connectivity index (χ0) is 14.1. The molecule has 0 saturated carbocycles. The van der Waals surface area contributed by atoms with E-state index in [1.165, 1.54) is 11.3 Å². The van der Waals surface area contributed by atoms with Crippen molar-refractivity contribution in [2.24, 2.45) is 0 Å². The van der Waals surface area contributed by atoms with Crippen molar-refractivity contribution < 1.29 is 4.79 Å². The molecule has 2 N–H and O–H groups in total. The minimum Gasteiger partial charge on any atom is -0.365 e. The number of aromatic nitrogens is 1. The summed E-state index contributed by atoms with van der Waals surface area (Å²) < 4.78 is 0. The van der Waals surface area contributed by atoms with E-state index in [9.17, 15) is 4.79 Å². The summed E-state index contributed by atoms with van der Waals surface area (Å²) in [6.07, 6.45) is 2.75. The Labute approximate surface area is 126 Å². The number of hydrogen-bond donors (Lipinski definition) is 2. The highest BCUT2D eigenvalue weighted by molar-refractivity contribution is 6.42. The molecule has 104 valence electrons. The predicted octanol–water partition coefficient (Wildman–Crippen LogP) is 3.91. The number of carbonyl (C=O) groups excluding carboxylic acids is 1. The van der Waals surface area contributed by atoms with Gasteiger partial charge in [-0.05, 0) is 29.8 Å². The predicted molar refractivity (Wildman–Crippen MR) is 80.4 cm³/mol. The number of anilines is 1. The molecule has 0 atom stereocenters. The molecule has 1 aliphatic heterocycles. The minimum absolute atomic E-state index is 0.129. The molecular formula is C14H13Cl2N3O. The third kappa shape index (κ3) is 2.62. The van der Waals surface area contributed by atoms with Crippen LogP contribution in [0.5, 0.6) is 0 Å². The summed E-state index contributed by atoms with van der Waals surface area (Å²) in [5, 5.41) is 3.74. The van der Waals surface area contributed by atoms with E-state index in [2.05, 4.69) is 10.3 Å². The Balaban J connectivity index is 1.69. The number of halogens is 2. The number of H-pyrrole nitrogens is 1. The highest BCUT2D eigenvalue weighted by atomic mass is 35.5. The molecule has 2 heterocycles. The molecule has 1 aromatic carbocycles. The van der Waals surface area contributed by atoms with Crippen molar-refractivity contribution in [3.8, 4) is 0 Å². The molecule has 20 heavy (non-hydrogen) atoms. The molecule has 3 rings (SSSR count). The number of aromatic amines is 1. The number of nitrogens with zero attached hydrogens (tertiary/aromatic N) is 1. The van der Waals surface area contributed by atoms with Crippen LogP contribution in [0.2, 0.25) is 10.0 Å². The van der Waals surface area contributed by atoms with Crippen molar-refractivity contribution in [3.05, 3.63) is 51.8 Å². The molecule has 1 aliphatic rings.